The van der Waals surface area contributed by atoms with Gasteiger partial charge in [-0.05, 0) is 35.9 Å². The maximum Gasteiger partial charge on any atom is 0.260 e. The number of benzene rings is 2. The standard InChI is InChI=1S/C30H29N7O7/c1-35-16-19(7-9-25(35)39)37-11-10-24(33-37)36-12-13-43-26(29(36)41)30(42,17-32-28(40)20-4-2-3-5-22(20)38)15-18-6-8-21-23(14-18)44-34-27(21)31/h2-11,14,16,26,38,42H,12-13,15,17H2,1H3,(H2,31,34)(H,32,40)/t26-,30?/m0/s1. The van der Waals surface area contributed by atoms with Gasteiger partial charge in [-0.1, -0.05) is 23.4 Å². The van der Waals surface area contributed by atoms with Gasteiger partial charge in [0.05, 0.1) is 36.3 Å². The predicted octanol–water partition coefficient (Wildman–Crippen LogP) is 1.14. The fourth-order valence-corrected chi connectivity index (χ4v) is 5.22. The van der Waals surface area contributed by atoms with E-state index in [4.69, 9.17) is 15.0 Å². The lowest BCUT2D eigenvalue weighted by Gasteiger charge is -2.40. The molecule has 1 unspecified atom stereocenters. The Hall–Kier alpha value is -5.47. The van der Waals surface area contributed by atoms with Gasteiger partial charge in [0.15, 0.2) is 23.3 Å². The van der Waals surface area contributed by atoms with Gasteiger partial charge in [0.2, 0.25) is 5.56 Å². The Balaban J connectivity index is 1.30. The van der Waals surface area contributed by atoms with Gasteiger partial charge < -0.3 is 35.1 Å². The molecule has 3 aromatic heterocycles. The number of hydrogen-bond acceptors (Lipinski definition) is 10. The van der Waals surface area contributed by atoms with Crippen molar-refractivity contribution in [1.29, 1.82) is 0 Å². The summed E-state index contributed by atoms with van der Waals surface area (Å²) in [5.74, 6) is -0.902. The van der Waals surface area contributed by atoms with Crippen molar-refractivity contribution in [2.45, 2.75) is 18.1 Å². The average molecular weight is 600 g/mol. The van der Waals surface area contributed by atoms with Crippen molar-refractivity contribution in [2.24, 2.45) is 7.05 Å². The normalized spacial score (nSPS) is 16.6. The number of morpholine rings is 1. The van der Waals surface area contributed by atoms with Gasteiger partial charge in [-0.15, -0.1) is 5.10 Å². The van der Waals surface area contributed by atoms with Crippen molar-refractivity contribution in [3.05, 3.63) is 94.5 Å². The highest BCUT2D eigenvalue weighted by Crippen LogP contribution is 2.29. The average Bonchev–Trinajstić information content (AvgIpc) is 3.65. The van der Waals surface area contributed by atoms with Crippen LogP contribution in [0.3, 0.4) is 0 Å². The highest BCUT2D eigenvalue weighted by molar-refractivity contribution is 5.98. The number of anilines is 2. The second-order valence-electron chi connectivity index (χ2n) is 10.6. The number of aliphatic hydroxyl groups is 1. The summed E-state index contributed by atoms with van der Waals surface area (Å²) >= 11 is 0. The number of amides is 2. The molecule has 0 bridgehead atoms. The Morgan fingerprint density at radius 1 is 1.16 bits per heavy atom. The molecule has 2 amide bonds. The Bertz CT molecular complexity index is 1930. The fraction of sp³-hybridized carbons (Fsp3) is 0.233. The second kappa shape index (κ2) is 11.3. The van der Waals surface area contributed by atoms with E-state index in [0.717, 1.165) is 0 Å². The number of nitrogens with zero attached hydrogens (tertiary/aromatic N) is 5. The number of ether oxygens (including phenoxy) is 1. The molecule has 6 rings (SSSR count). The van der Waals surface area contributed by atoms with Gasteiger partial charge in [0.25, 0.3) is 11.8 Å². The molecule has 226 valence electrons. The smallest absolute Gasteiger partial charge is 0.260 e. The quantitative estimate of drug-likeness (QED) is 0.201. The number of aromatic hydroxyl groups is 1. The third-order valence-electron chi connectivity index (χ3n) is 7.54. The third kappa shape index (κ3) is 5.39. The zero-order valence-electron chi connectivity index (χ0n) is 23.6. The number of carbonyl (C=O) groups is 2. The van der Waals surface area contributed by atoms with Crippen LogP contribution in [-0.2, 0) is 23.0 Å². The van der Waals surface area contributed by atoms with Gasteiger partial charge >= 0.3 is 0 Å². The molecule has 0 aliphatic carbocycles. The first kappa shape index (κ1) is 28.6. The second-order valence-corrected chi connectivity index (χ2v) is 10.6. The molecule has 0 saturated carbocycles. The number of aryl methyl sites for hydroxylation is 1. The molecule has 1 aliphatic rings. The van der Waals surface area contributed by atoms with E-state index >= 15 is 0 Å². The summed E-state index contributed by atoms with van der Waals surface area (Å²) in [5.41, 5.74) is 5.31. The van der Waals surface area contributed by atoms with Crippen LogP contribution in [0.25, 0.3) is 16.7 Å². The van der Waals surface area contributed by atoms with Crippen LogP contribution < -0.4 is 21.5 Å². The van der Waals surface area contributed by atoms with Gasteiger partial charge in [-0.2, -0.15) is 0 Å². The molecule has 0 radical (unpaired) electrons. The number of pyridine rings is 1. The number of hydrogen-bond donors (Lipinski definition) is 4. The van der Waals surface area contributed by atoms with E-state index < -0.39 is 30.1 Å². The summed E-state index contributed by atoms with van der Waals surface area (Å²) in [6, 6.07) is 15.7. The molecule has 0 spiro atoms. The molecule has 44 heavy (non-hydrogen) atoms. The zero-order valence-corrected chi connectivity index (χ0v) is 23.6. The van der Waals surface area contributed by atoms with Crippen molar-refractivity contribution >= 4 is 34.4 Å². The minimum atomic E-state index is -1.95. The fourth-order valence-electron chi connectivity index (χ4n) is 5.22. The zero-order chi connectivity index (χ0) is 31.0. The van der Waals surface area contributed by atoms with Gasteiger partial charge in [-0.3, -0.25) is 19.3 Å². The first-order chi connectivity index (χ1) is 21.1. The van der Waals surface area contributed by atoms with Crippen molar-refractivity contribution in [3.8, 4) is 11.4 Å². The van der Waals surface area contributed by atoms with Crippen molar-refractivity contribution in [1.82, 2.24) is 24.8 Å². The van der Waals surface area contributed by atoms with E-state index in [2.05, 4.69) is 15.6 Å². The Morgan fingerprint density at radius 3 is 2.77 bits per heavy atom. The first-order valence-corrected chi connectivity index (χ1v) is 13.7. The largest absolute Gasteiger partial charge is 0.507 e. The first-order valence-electron chi connectivity index (χ1n) is 13.7. The summed E-state index contributed by atoms with van der Waals surface area (Å²) in [5, 5.41) is 33.8. The van der Waals surface area contributed by atoms with E-state index in [1.54, 1.807) is 61.9 Å². The van der Waals surface area contributed by atoms with Crippen LogP contribution in [0.1, 0.15) is 15.9 Å². The topological polar surface area (TPSA) is 191 Å². The lowest BCUT2D eigenvalue weighted by atomic mass is 9.86. The van der Waals surface area contributed by atoms with Crippen LogP contribution >= 0.6 is 0 Å². The summed E-state index contributed by atoms with van der Waals surface area (Å²) < 4.78 is 14.1. The molecule has 4 heterocycles. The minimum Gasteiger partial charge on any atom is -0.507 e. The number of phenols is 1. The molecule has 5 aromatic rings. The number of aromatic nitrogens is 4. The molecule has 2 aromatic carbocycles. The van der Waals surface area contributed by atoms with Gasteiger partial charge in [0, 0.05) is 38.0 Å². The van der Waals surface area contributed by atoms with Crippen LogP contribution in [0, 0.1) is 0 Å². The summed E-state index contributed by atoms with van der Waals surface area (Å²) in [6.45, 7) is -0.146. The maximum absolute atomic E-state index is 13.9. The minimum absolute atomic E-state index is 0.00914. The Kier molecular flexibility index (Phi) is 7.36. The molecular formula is C30H29N7O7. The van der Waals surface area contributed by atoms with Crippen LogP contribution in [0.15, 0.2) is 82.4 Å². The van der Waals surface area contributed by atoms with Crippen molar-refractivity contribution in [2.75, 3.05) is 30.3 Å². The molecule has 1 fully saturated rings. The van der Waals surface area contributed by atoms with Crippen LogP contribution in [0.4, 0.5) is 11.6 Å². The van der Waals surface area contributed by atoms with E-state index in [0.29, 0.717) is 28.0 Å². The van der Waals surface area contributed by atoms with E-state index in [9.17, 15) is 24.6 Å². The monoisotopic (exact) mass is 599 g/mol. The van der Waals surface area contributed by atoms with Crippen LogP contribution in [-0.4, -0.2) is 72.9 Å². The Morgan fingerprint density at radius 2 is 1.98 bits per heavy atom. The molecule has 14 nitrogen and oxygen atoms in total. The number of nitrogens with one attached hydrogen (secondary N) is 1. The van der Waals surface area contributed by atoms with Gasteiger partial charge in [0.1, 0.15) is 11.4 Å². The molecule has 14 heteroatoms. The lowest BCUT2D eigenvalue weighted by molar-refractivity contribution is -0.157. The highest BCUT2D eigenvalue weighted by atomic mass is 16.5. The van der Waals surface area contributed by atoms with E-state index in [1.807, 2.05) is 0 Å². The predicted molar refractivity (Wildman–Crippen MR) is 158 cm³/mol. The molecule has 1 aliphatic heterocycles. The molecular weight excluding hydrogens is 570 g/mol. The SMILES string of the molecule is Cn1cc(-n2ccc(N3CCO[C@H](C(O)(CNC(=O)c4ccccc4O)Cc4ccc5c(N)noc5c4)C3=O)n2)ccc1=O. The van der Waals surface area contributed by atoms with Crippen LogP contribution in [0.5, 0.6) is 5.75 Å². The van der Waals surface area contributed by atoms with Crippen molar-refractivity contribution < 1.29 is 29.1 Å². The number of nitrogen functional groups attached to an aromatic ring is 1. The van der Waals surface area contributed by atoms with Crippen molar-refractivity contribution in [3.63, 3.8) is 0 Å². The summed E-state index contributed by atoms with van der Waals surface area (Å²) in [6.07, 6.45) is 1.75. The van der Waals surface area contributed by atoms with E-state index in [-0.39, 0.29) is 42.3 Å². The number of para-hydroxylation sites is 1. The summed E-state index contributed by atoms with van der Waals surface area (Å²) in [4.78, 5) is 40.1. The highest BCUT2D eigenvalue weighted by Gasteiger charge is 2.47. The van der Waals surface area contributed by atoms with Crippen LogP contribution in [0.2, 0.25) is 0 Å². The molecule has 2 atom stereocenters. The number of phenolic OH excluding ortho intramolecular Hbond substituents is 1. The lowest BCUT2D eigenvalue weighted by Crippen LogP contribution is -2.63. The maximum atomic E-state index is 13.9. The van der Waals surface area contributed by atoms with E-state index in [1.165, 1.54) is 32.3 Å². The number of fused-ring (bicyclic) bond motifs is 1. The molecule has 5 N–H and O–H groups in total. The number of rotatable bonds is 8. The Labute approximate surface area is 249 Å². The molecule has 1 saturated heterocycles. The third-order valence-corrected chi connectivity index (χ3v) is 7.54. The number of carbonyl (C=O) groups excluding carboxylic acids is 2. The number of nitrogens with two attached hydrogens (primary N) is 1. The summed E-state index contributed by atoms with van der Waals surface area (Å²) in [7, 11) is 1.63. The van der Waals surface area contributed by atoms with Gasteiger partial charge in [-0.25, -0.2) is 4.68 Å².